The maximum atomic E-state index is 13.0. The van der Waals surface area contributed by atoms with E-state index in [0.29, 0.717) is 5.69 Å². The van der Waals surface area contributed by atoms with Crippen molar-refractivity contribution in [1.82, 2.24) is 4.98 Å². The minimum Gasteiger partial charge on any atom is -0.397 e. The summed E-state index contributed by atoms with van der Waals surface area (Å²) < 4.78 is 13.0. The predicted molar refractivity (Wildman–Crippen MR) is 76.7 cm³/mol. The van der Waals surface area contributed by atoms with Crippen LogP contribution in [0.5, 0.6) is 0 Å². The minimum atomic E-state index is -0.190. The molecule has 100 valence electrons. The molecule has 2 rings (SSSR count). The summed E-state index contributed by atoms with van der Waals surface area (Å²) in [4.78, 5) is 4.21. The summed E-state index contributed by atoms with van der Waals surface area (Å²) >= 11 is 0. The van der Waals surface area contributed by atoms with Gasteiger partial charge in [-0.3, -0.25) is 0 Å². The van der Waals surface area contributed by atoms with Gasteiger partial charge in [-0.1, -0.05) is 6.07 Å². The van der Waals surface area contributed by atoms with E-state index >= 15 is 0 Å². The van der Waals surface area contributed by atoms with Crippen molar-refractivity contribution in [3.05, 3.63) is 53.0 Å². The van der Waals surface area contributed by atoms with Gasteiger partial charge in [-0.25, -0.2) is 9.37 Å². The molecule has 1 heterocycles. The first-order chi connectivity index (χ1) is 9.06. The van der Waals surface area contributed by atoms with Crippen LogP contribution in [-0.4, -0.2) is 11.5 Å². The molecule has 0 fully saturated rings. The number of benzene rings is 1. The lowest BCUT2D eigenvalue weighted by atomic mass is 10.1. The first-order valence-electron chi connectivity index (χ1n) is 6.27. The summed E-state index contributed by atoms with van der Waals surface area (Å²) in [5, 5.41) is 3.24. The number of nitrogens with two attached hydrogens (primary N) is 1. The Bertz CT molecular complexity index is 582. The van der Waals surface area contributed by atoms with E-state index in [0.717, 1.165) is 35.5 Å². The highest BCUT2D eigenvalue weighted by molar-refractivity contribution is 5.50. The van der Waals surface area contributed by atoms with Crippen LogP contribution < -0.4 is 11.1 Å². The average Bonchev–Trinajstić information content (AvgIpc) is 2.36. The number of nitrogen functional groups attached to an aromatic ring is 1. The summed E-state index contributed by atoms with van der Waals surface area (Å²) in [5.74, 6) is 0.622. The molecule has 3 N–H and O–H groups in total. The standard InChI is InChI=1S/C15H18FN3/c1-10-7-13(16)4-3-12(10)5-6-18-15-8-11(2)14(17)9-19-15/h3-4,7-9H,5-6,17H2,1-2H3,(H,18,19). The van der Waals surface area contributed by atoms with E-state index in [9.17, 15) is 4.39 Å². The lowest BCUT2D eigenvalue weighted by molar-refractivity contribution is 0.625. The molecule has 3 nitrogen and oxygen atoms in total. The van der Waals surface area contributed by atoms with Crippen LogP contribution >= 0.6 is 0 Å². The maximum Gasteiger partial charge on any atom is 0.126 e. The maximum absolute atomic E-state index is 13.0. The van der Waals surface area contributed by atoms with Crippen LogP contribution in [0.15, 0.2) is 30.5 Å². The number of rotatable bonds is 4. The van der Waals surface area contributed by atoms with Crippen molar-refractivity contribution in [1.29, 1.82) is 0 Å². The number of nitrogens with one attached hydrogen (secondary N) is 1. The molecular weight excluding hydrogens is 241 g/mol. The van der Waals surface area contributed by atoms with Crippen LogP contribution in [0.2, 0.25) is 0 Å². The molecule has 0 bridgehead atoms. The van der Waals surface area contributed by atoms with Crippen molar-refractivity contribution < 1.29 is 4.39 Å². The fourth-order valence-corrected chi connectivity index (χ4v) is 1.93. The number of aromatic nitrogens is 1. The zero-order chi connectivity index (χ0) is 13.8. The fourth-order valence-electron chi connectivity index (χ4n) is 1.93. The van der Waals surface area contributed by atoms with Crippen molar-refractivity contribution in [2.75, 3.05) is 17.6 Å². The summed E-state index contributed by atoms with van der Waals surface area (Å²) in [6.45, 7) is 4.62. The van der Waals surface area contributed by atoms with Crippen molar-refractivity contribution in [3.63, 3.8) is 0 Å². The molecule has 0 aliphatic rings. The van der Waals surface area contributed by atoms with Gasteiger partial charge in [0.2, 0.25) is 0 Å². The Hall–Kier alpha value is -2.10. The molecule has 19 heavy (non-hydrogen) atoms. The fraction of sp³-hybridized carbons (Fsp3) is 0.267. The first kappa shape index (κ1) is 13.3. The van der Waals surface area contributed by atoms with E-state index in [1.807, 2.05) is 26.0 Å². The smallest absolute Gasteiger partial charge is 0.126 e. The van der Waals surface area contributed by atoms with E-state index in [1.54, 1.807) is 12.3 Å². The molecular formula is C15H18FN3. The van der Waals surface area contributed by atoms with Gasteiger partial charge in [0.25, 0.3) is 0 Å². The summed E-state index contributed by atoms with van der Waals surface area (Å²) in [6, 6.07) is 6.80. The molecule has 0 spiro atoms. The van der Waals surface area contributed by atoms with E-state index < -0.39 is 0 Å². The Morgan fingerprint density at radius 3 is 2.68 bits per heavy atom. The Balaban J connectivity index is 1.94. The van der Waals surface area contributed by atoms with Gasteiger partial charge in [0.1, 0.15) is 11.6 Å². The van der Waals surface area contributed by atoms with E-state index in [4.69, 9.17) is 5.73 Å². The molecule has 2 aromatic rings. The normalized spacial score (nSPS) is 10.5. The summed E-state index contributed by atoms with van der Waals surface area (Å²) in [7, 11) is 0. The SMILES string of the molecule is Cc1cc(NCCc2ccc(F)cc2C)ncc1N. The van der Waals surface area contributed by atoms with Gasteiger partial charge in [0, 0.05) is 6.54 Å². The van der Waals surface area contributed by atoms with E-state index in [2.05, 4.69) is 10.3 Å². The van der Waals surface area contributed by atoms with Crippen molar-refractivity contribution >= 4 is 11.5 Å². The minimum absolute atomic E-state index is 0.190. The Morgan fingerprint density at radius 2 is 2.00 bits per heavy atom. The van der Waals surface area contributed by atoms with Gasteiger partial charge in [0.15, 0.2) is 0 Å². The van der Waals surface area contributed by atoms with E-state index in [-0.39, 0.29) is 5.82 Å². The number of anilines is 2. The Kier molecular flexibility index (Phi) is 4.00. The predicted octanol–water partition coefficient (Wildman–Crippen LogP) is 3.07. The molecule has 0 saturated carbocycles. The molecule has 4 heteroatoms. The van der Waals surface area contributed by atoms with Crippen molar-refractivity contribution in [3.8, 4) is 0 Å². The molecule has 0 aliphatic carbocycles. The van der Waals surface area contributed by atoms with E-state index in [1.165, 1.54) is 6.07 Å². The third kappa shape index (κ3) is 3.44. The zero-order valence-electron chi connectivity index (χ0n) is 11.2. The second kappa shape index (κ2) is 5.69. The third-order valence-electron chi connectivity index (χ3n) is 3.16. The van der Waals surface area contributed by atoms with Gasteiger partial charge in [-0.05, 0) is 55.2 Å². The average molecular weight is 259 g/mol. The number of halogens is 1. The Labute approximate surface area is 112 Å². The zero-order valence-corrected chi connectivity index (χ0v) is 11.2. The molecule has 1 aromatic carbocycles. The van der Waals surface area contributed by atoms with Crippen LogP contribution in [0.25, 0.3) is 0 Å². The molecule has 0 atom stereocenters. The Morgan fingerprint density at radius 1 is 1.21 bits per heavy atom. The highest BCUT2D eigenvalue weighted by Crippen LogP contribution is 2.14. The third-order valence-corrected chi connectivity index (χ3v) is 3.16. The molecule has 0 unspecified atom stereocenters. The lowest BCUT2D eigenvalue weighted by Crippen LogP contribution is -2.08. The molecule has 0 radical (unpaired) electrons. The van der Waals surface area contributed by atoms with Gasteiger partial charge < -0.3 is 11.1 Å². The number of aryl methyl sites for hydroxylation is 2. The molecule has 0 aliphatic heterocycles. The second-order valence-electron chi connectivity index (χ2n) is 4.67. The monoisotopic (exact) mass is 259 g/mol. The van der Waals surface area contributed by atoms with Gasteiger partial charge >= 0.3 is 0 Å². The van der Waals surface area contributed by atoms with Crippen molar-refractivity contribution in [2.45, 2.75) is 20.3 Å². The highest BCUT2D eigenvalue weighted by Gasteiger charge is 2.01. The van der Waals surface area contributed by atoms with Crippen LogP contribution in [-0.2, 0) is 6.42 Å². The lowest BCUT2D eigenvalue weighted by Gasteiger charge is -2.09. The van der Waals surface area contributed by atoms with Gasteiger partial charge in [-0.15, -0.1) is 0 Å². The first-order valence-corrected chi connectivity index (χ1v) is 6.27. The van der Waals surface area contributed by atoms with Crippen LogP contribution in [0.4, 0.5) is 15.9 Å². The van der Waals surface area contributed by atoms with Gasteiger partial charge in [0.05, 0.1) is 11.9 Å². The van der Waals surface area contributed by atoms with Crippen LogP contribution in [0.1, 0.15) is 16.7 Å². The quantitative estimate of drug-likeness (QED) is 0.887. The van der Waals surface area contributed by atoms with Crippen LogP contribution in [0, 0.1) is 19.7 Å². The van der Waals surface area contributed by atoms with Crippen LogP contribution in [0.3, 0.4) is 0 Å². The van der Waals surface area contributed by atoms with Crippen molar-refractivity contribution in [2.24, 2.45) is 0 Å². The highest BCUT2D eigenvalue weighted by atomic mass is 19.1. The number of nitrogens with zero attached hydrogens (tertiary/aromatic N) is 1. The summed E-state index contributed by atoms with van der Waals surface area (Å²) in [5.41, 5.74) is 9.54. The largest absolute Gasteiger partial charge is 0.397 e. The molecule has 1 aromatic heterocycles. The topological polar surface area (TPSA) is 50.9 Å². The van der Waals surface area contributed by atoms with Gasteiger partial charge in [-0.2, -0.15) is 0 Å². The molecule has 0 amide bonds. The second-order valence-corrected chi connectivity index (χ2v) is 4.67. The number of pyridine rings is 1. The number of hydrogen-bond acceptors (Lipinski definition) is 3. The number of hydrogen-bond donors (Lipinski definition) is 2. The summed E-state index contributed by atoms with van der Waals surface area (Å²) in [6.07, 6.45) is 2.48. The molecule has 0 saturated heterocycles.